The van der Waals surface area contributed by atoms with E-state index < -0.39 is 23.5 Å². The maximum atomic E-state index is 12.5. The Balaban J connectivity index is 2.36. The number of aliphatic carboxylic acids is 1. The molecule has 0 aromatic heterocycles. The summed E-state index contributed by atoms with van der Waals surface area (Å²) in [6, 6.07) is 11.7. The molecule has 0 fully saturated rings. The van der Waals surface area contributed by atoms with Gasteiger partial charge in [0, 0.05) is 12.7 Å². The van der Waals surface area contributed by atoms with Gasteiger partial charge in [-0.25, -0.2) is 4.79 Å². The number of amides is 1. The largest absolute Gasteiger partial charge is 0.480 e. The summed E-state index contributed by atoms with van der Waals surface area (Å²) >= 11 is 0. The third kappa shape index (κ3) is 3.09. The Bertz CT molecular complexity index is 703. The Morgan fingerprint density at radius 1 is 1.14 bits per heavy atom. The van der Waals surface area contributed by atoms with Crippen molar-refractivity contribution in [3.8, 4) is 0 Å². The van der Waals surface area contributed by atoms with Crippen LogP contribution in [0.2, 0.25) is 0 Å². The van der Waals surface area contributed by atoms with E-state index >= 15 is 0 Å². The van der Waals surface area contributed by atoms with Crippen LogP contribution in [0.15, 0.2) is 42.5 Å². The van der Waals surface area contributed by atoms with Crippen molar-refractivity contribution in [1.82, 2.24) is 5.32 Å². The van der Waals surface area contributed by atoms with Crippen LogP contribution in [-0.2, 0) is 9.53 Å². The summed E-state index contributed by atoms with van der Waals surface area (Å²) < 4.78 is 5.19. The molecule has 1 unspecified atom stereocenters. The molecule has 2 rings (SSSR count). The normalized spacial score (nSPS) is 12.9. The van der Waals surface area contributed by atoms with Crippen molar-refractivity contribution in [2.24, 2.45) is 0 Å². The number of fused-ring (bicyclic) bond motifs is 1. The Hall–Kier alpha value is -2.40. The van der Waals surface area contributed by atoms with E-state index in [2.05, 4.69) is 5.32 Å². The van der Waals surface area contributed by atoms with Crippen LogP contribution in [0.25, 0.3) is 10.8 Å². The first kappa shape index (κ1) is 16.0. The highest BCUT2D eigenvalue weighted by Crippen LogP contribution is 2.20. The molecule has 0 saturated carbocycles. The second kappa shape index (κ2) is 6.15. The summed E-state index contributed by atoms with van der Waals surface area (Å²) in [6.07, 6.45) is 0. The van der Waals surface area contributed by atoms with Crippen molar-refractivity contribution in [1.29, 1.82) is 0 Å². The highest BCUT2D eigenvalue weighted by Gasteiger charge is 2.37. The number of ether oxygens (including phenoxy) is 1. The SMILES string of the molecule is COC(C)(C)C(NC(=O)c1cccc2ccccc12)C(=O)O. The van der Waals surface area contributed by atoms with Gasteiger partial charge in [-0.2, -0.15) is 0 Å². The molecule has 0 heterocycles. The van der Waals surface area contributed by atoms with Crippen molar-refractivity contribution in [3.05, 3.63) is 48.0 Å². The number of nitrogens with one attached hydrogen (secondary N) is 1. The fraction of sp³-hybridized carbons (Fsp3) is 0.294. The van der Waals surface area contributed by atoms with E-state index in [1.165, 1.54) is 7.11 Å². The molecule has 0 aliphatic carbocycles. The van der Waals surface area contributed by atoms with Gasteiger partial charge in [0.2, 0.25) is 0 Å². The topological polar surface area (TPSA) is 75.6 Å². The molecule has 1 amide bonds. The molecule has 2 aromatic rings. The van der Waals surface area contributed by atoms with E-state index in [4.69, 9.17) is 4.74 Å². The predicted octanol–water partition coefficient (Wildman–Crippen LogP) is 2.45. The molecule has 116 valence electrons. The second-order valence-electron chi connectivity index (χ2n) is 5.58. The minimum atomic E-state index is -1.15. The molecular formula is C17H19NO4. The number of hydrogen-bond acceptors (Lipinski definition) is 3. The first-order valence-corrected chi connectivity index (χ1v) is 6.93. The van der Waals surface area contributed by atoms with Crippen molar-refractivity contribution in [2.45, 2.75) is 25.5 Å². The van der Waals surface area contributed by atoms with E-state index in [9.17, 15) is 14.7 Å². The van der Waals surface area contributed by atoms with Crippen LogP contribution in [0.3, 0.4) is 0 Å². The van der Waals surface area contributed by atoms with Crippen molar-refractivity contribution < 1.29 is 19.4 Å². The molecule has 1 atom stereocenters. The minimum absolute atomic E-state index is 0.436. The highest BCUT2D eigenvalue weighted by molar-refractivity contribution is 6.08. The summed E-state index contributed by atoms with van der Waals surface area (Å²) in [5.74, 6) is -1.57. The highest BCUT2D eigenvalue weighted by atomic mass is 16.5. The lowest BCUT2D eigenvalue weighted by Gasteiger charge is -2.30. The van der Waals surface area contributed by atoms with Crippen molar-refractivity contribution >= 4 is 22.6 Å². The Morgan fingerprint density at radius 2 is 1.77 bits per heavy atom. The van der Waals surface area contributed by atoms with E-state index in [0.717, 1.165) is 10.8 Å². The summed E-state index contributed by atoms with van der Waals surface area (Å²) in [5, 5.41) is 13.6. The zero-order valence-corrected chi connectivity index (χ0v) is 12.8. The first-order valence-electron chi connectivity index (χ1n) is 6.93. The number of carbonyl (C=O) groups is 2. The van der Waals surface area contributed by atoms with Crippen molar-refractivity contribution in [2.75, 3.05) is 7.11 Å². The maximum Gasteiger partial charge on any atom is 0.329 e. The van der Waals surface area contributed by atoms with Gasteiger partial charge in [0.15, 0.2) is 6.04 Å². The lowest BCUT2D eigenvalue weighted by atomic mass is 9.97. The monoisotopic (exact) mass is 301 g/mol. The Kier molecular flexibility index (Phi) is 4.47. The van der Waals surface area contributed by atoms with Crippen LogP contribution >= 0.6 is 0 Å². The summed E-state index contributed by atoms with van der Waals surface area (Å²) in [5.41, 5.74) is -0.581. The van der Waals surface area contributed by atoms with Gasteiger partial charge in [0.05, 0.1) is 5.60 Å². The number of rotatable bonds is 5. The fourth-order valence-electron chi connectivity index (χ4n) is 2.28. The van der Waals surface area contributed by atoms with Gasteiger partial charge in [-0.15, -0.1) is 0 Å². The Morgan fingerprint density at radius 3 is 2.41 bits per heavy atom. The summed E-state index contributed by atoms with van der Waals surface area (Å²) in [4.78, 5) is 23.9. The minimum Gasteiger partial charge on any atom is -0.480 e. The lowest BCUT2D eigenvalue weighted by Crippen LogP contribution is -2.55. The van der Waals surface area contributed by atoms with Crippen LogP contribution in [-0.4, -0.2) is 35.7 Å². The number of methoxy groups -OCH3 is 1. The maximum absolute atomic E-state index is 12.5. The summed E-state index contributed by atoms with van der Waals surface area (Å²) in [6.45, 7) is 3.24. The van der Waals surface area contributed by atoms with E-state index in [1.54, 1.807) is 26.0 Å². The third-order valence-electron chi connectivity index (χ3n) is 3.78. The number of carboxylic acids is 1. The molecule has 2 aromatic carbocycles. The number of benzene rings is 2. The van der Waals surface area contributed by atoms with Gasteiger partial charge in [0.25, 0.3) is 5.91 Å². The molecular weight excluding hydrogens is 282 g/mol. The van der Waals surface area contributed by atoms with Crippen LogP contribution in [0.4, 0.5) is 0 Å². The van der Waals surface area contributed by atoms with E-state index in [-0.39, 0.29) is 0 Å². The van der Waals surface area contributed by atoms with Gasteiger partial charge in [-0.3, -0.25) is 4.79 Å². The average Bonchev–Trinajstić information content (AvgIpc) is 2.51. The van der Waals surface area contributed by atoms with Crippen LogP contribution < -0.4 is 5.32 Å². The number of hydrogen-bond donors (Lipinski definition) is 2. The van der Waals surface area contributed by atoms with Gasteiger partial charge in [0.1, 0.15) is 0 Å². The van der Waals surface area contributed by atoms with E-state index in [1.807, 2.05) is 30.3 Å². The van der Waals surface area contributed by atoms with Crippen LogP contribution in [0.1, 0.15) is 24.2 Å². The standard InChI is InChI=1S/C17H19NO4/c1-17(2,22-3)14(16(20)21)18-15(19)13-10-6-8-11-7-4-5-9-12(11)13/h4-10,14H,1-3H3,(H,18,19)(H,20,21). The van der Waals surface area contributed by atoms with E-state index in [0.29, 0.717) is 5.56 Å². The predicted molar refractivity (Wildman–Crippen MR) is 83.9 cm³/mol. The smallest absolute Gasteiger partial charge is 0.329 e. The molecule has 0 aliphatic rings. The van der Waals surface area contributed by atoms with Crippen LogP contribution in [0, 0.1) is 0 Å². The molecule has 5 nitrogen and oxygen atoms in total. The number of carboxylic acid groups (broad SMARTS) is 1. The van der Waals surface area contributed by atoms with Gasteiger partial charge < -0.3 is 15.2 Å². The zero-order valence-electron chi connectivity index (χ0n) is 12.8. The second-order valence-corrected chi connectivity index (χ2v) is 5.58. The van der Waals surface area contributed by atoms with Gasteiger partial charge in [-0.1, -0.05) is 36.4 Å². The molecule has 0 radical (unpaired) electrons. The van der Waals surface area contributed by atoms with Crippen LogP contribution in [0.5, 0.6) is 0 Å². The molecule has 2 N–H and O–H groups in total. The fourth-order valence-corrected chi connectivity index (χ4v) is 2.28. The molecule has 22 heavy (non-hydrogen) atoms. The summed E-state index contributed by atoms with van der Waals surface area (Å²) in [7, 11) is 1.42. The molecule has 0 spiro atoms. The Labute approximate surface area is 128 Å². The lowest BCUT2D eigenvalue weighted by molar-refractivity contribution is -0.146. The third-order valence-corrected chi connectivity index (χ3v) is 3.78. The molecule has 0 saturated heterocycles. The number of carbonyl (C=O) groups excluding carboxylic acids is 1. The molecule has 0 aliphatic heterocycles. The zero-order chi connectivity index (χ0) is 16.3. The molecule has 5 heteroatoms. The van der Waals surface area contributed by atoms with Crippen molar-refractivity contribution in [3.63, 3.8) is 0 Å². The molecule has 0 bridgehead atoms. The first-order chi connectivity index (χ1) is 10.4. The average molecular weight is 301 g/mol. The quantitative estimate of drug-likeness (QED) is 0.889. The van der Waals surface area contributed by atoms with Gasteiger partial charge in [-0.05, 0) is 30.7 Å². The van der Waals surface area contributed by atoms with Gasteiger partial charge >= 0.3 is 5.97 Å².